The van der Waals surface area contributed by atoms with E-state index in [4.69, 9.17) is 0 Å². The summed E-state index contributed by atoms with van der Waals surface area (Å²) >= 11 is 2.31. The standard InChI is InChI=1S/C6H11IN2O/c7-9-3-1-6(2-4-9)8-5-10/h5-6H,1-4H2,(H,8,10). The maximum Gasteiger partial charge on any atom is 0.207 e. The van der Waals surface area contributed by atoms with Crippen molar-refractivity contribution in [2.24, 2.45) is 0 Å². The molecule has 0 aliphatic carbocycles. The van der Waals surface area contributed by atoms with Crippen LogP contribution in [0.2, 0.25) is 0 Å². The van der Waals surface area contributed by atoms with Crippen LogP contribution in [0.3, 0.4) is 0 Å². The quantitative estimate of drug-likeness (QED) is 0.443. The molecule has 1 rings (SSSR count). The zero-order valence-electron chi connectivity index (χ0n) is 5.72. The number of nitrogens with one attached hydrogen (secondary N) is 1. The molecular weight excluding hydrogens is 243 g/mol. The van der Waals surface area contributed by atoms with Gasteiger partial charge in [0.05, 0.1) is 0 Å². The van der Waals surface area contributed by atoms with Gasteiger partial charge >= 0.3 is 0 Å². The van der Waals surface area contributed by atoms with E-state index < -0.39 is 0 Å². The average molecular weight is 254 g/mol. The van der Waals surface area contributed by atoms with Gasteiger partial charge in [0, 0.05) is 42.0 Å². The molecule has 0 aromatic rings. The predicted molar refractivity (Wildman–Crippen MR) is 47.8 cm³/mol. The van der Waals surface area contributed by atoms with Crippen molar-refractivity contribution in [3.63, 3.8) is 0 Å². The van der Waals surface area contributed by atoms with E-state index in [2.05, 4.69) is 31.3 Å². The Morgan fingerprint density at radius 3 is 2.60 bits per heavy atom. The zero-order valence-corrected chi connectivity index (χ0v) is 7.87. The van der Waals surface area contributed by atoms with E-state index in [0.717, 1.165) is 32.3 Å². The first-order valence-electron chi connectivity index (χ1n) is 3.43. The molecule has 1 N–H and O–H groups in total. The molecule has 0 spiro atoms. The van der Waals surface area contributed by atoms with Crippen LogP contribution < -0.4 is 5.32 Å². The van der Waals surface area contributed by atoms with Gasteiger partial charge in [-0.05, 0) is 12.8 Å². The molecule has 0 aromatic heterocycles. The Bertz CT molecular complexity index is 112. The maximum absolute atomic E-state index is 10.0. The van der Waals surface area contributed by atoms with Crippen LogP contribution in [0.15, 0.2) is 0 Å². The average Bonchev–Trinajstić information content (AvgIpc) is 1.95. The van der Waals surface area contributed by atoms with Crippen LogP contribution in [-0.2, 0) is 4.79 Å². The molecule has 0 radical (unpaired) electrons. The van der Waals surface area contributed by atoms with Crippen LogP contribution in [0.5, 0.6) is 0 Å². The van der Waals surface area contributed by atoms with Crippen molar-refractivity contribution in [2.75, 3.05) is 13.1 Å². The van der Waals surface area contributed by atoms with E-state index in [-0.39, 0.29) is 0 Å². The second-order valence-corrected chi connectivity index (χ2v) is 3.83. The van der Waals surface area contributed by atoms with Gasteiger partial charge in [-0.15, -0.1) is 0 Å². The summed E-state index contributed by atoms with van der Waals surface area (Å²) in [6, 6.07) is 0.420. The molecule has 3 nitrogen and oxygen atoms in total. The zero-order chi connectivity index (χ0) is 7.40. The Hall–Kier alpha value is 0.160. The Balaban J connectivity index is 2.19. The van der Waals surface area contributed by atoms with E-state index >= 15 is 0 Å². The Kier molecular flexibility index (Phi) is 3.41. The Labute approximate surface area is 74.6 Å². The van der Waals surface area contributed by atoms with Gasteiger partial charge in [-0.2, -0.15) is 0 Å². The summed E-state index contributed by atoms with van der Waals surface area (Å²) in [5, 5.41) is 2.79. The van der Waals surface area contributed by atoms with E-state index in [1.807, 2.05) is 0 Å². The molecule has 0 unspecified atom stereocenters. The molecular formula is C6H11IN2O. The van der Waals surface area contributed by atoms with Crippen LogP contribution >= 0.6 is 22.9 Å². The van der Waals surface area contributed by atoms with Gasteiger partial charge < -0.3 is 5.32 Å². The largest absolute Gasteiger partial charge is 0.356 e. The summed E-state index contributed by atoms with van der Waals surface area (Å²) in [4.78, 5) is 10.0. The summed E-state index contributed by atoms with van der Waals surface area (Å²) in [6.45, 7) is 2.18. The van der Waals surface area contributed by atoms with Gasteiger partial charge in [0.1, 0.15) is 0 Å². The number of hydrogen-bond acceptors (Lipinski definition) is 2. The highest BCUT2D eigenvalue weighted by molar-refractivity contribution is 14.1. The summed E-state index contributed by atoms with van der Waals surface area (Å²) in [5.41, 5.74) is 0. The fourth-order valence-electron chi connectivity index (χ4n) is 1.11. The molecule has 0 saturated carbocycles. The molecule has 1 heterocycles. The van der Waals surface area contributed by atoms with Crippen molar-refractivity contribution in [3.8, 4) is 0 Å². The number of carbonyl (C=O) groups is 1. The number of halogens is 1. The highest BCUT2D eigenvalue weighted by Gasteiger charge is 2.15. The van der Waals surface area contributed by atoms with Crippen molar-refractivity contribution in [2.45, 2.75) is 18.9 Å². The second-order valence-electron chi connectivity index (χ2n) is 2.47. The fourth-order valence-corrected chi connectivity index (χ4v) is 1.67. The molecule has 1 aliphatic rings. The summed E-state index contributed by atoms with van der Waals surface area (Å²) < 4.78 is 2.25. The third-order valence-corrected chi connectivity index (χ3v) is 2.71. The molecule has 0 aromatic carbocycles. The van der Waals surface area contributed by atoms with Crippen LogP contribution in [-0.4, -0.2) is 28.7 Å². The minimum Gasteiger partial charge on any atom is -0.356 e. The highest BCUT2D eigenvalue weighted by Crippen LogP contribution is 2.12. The lowest BCUT2D eigenvalue weighted by Gasteiger charge is -2.26. The third kappa shape index (κ3) is 2.42. The molecule has 10 heavy (non-hydrogen) atoms. The van der Waals surface area contributed by atoms with Crippen molar-refractivity contribution < 1.29 is 4.79 Å². The minimum absolute atomic E-state index is 0.420. The Morgan fingerprint density at radius 2 is 2.10 bits per heavy atom. The van der Waals surface area contributed by atoms with Crippen molar-refractivity contribution in [3.05, 3.63) is 0 Å². The lowest BCUT2D eigenvalue weighted by atomic mass is 10.1. The van der Waals surface area contributed by atoms with E-state index in [0.29, 0.717) is 6.04 Å². The molecule has 0 bridgehead atoms. The summed E-state index contributed by atoms with van der Waals surface area (Å²) in [6.07, 6.45) is 2.97. The SMILES string of the molecule is O=CNC1CCN(I)CC1. The molecule has 4 heteroatoms. The molecule has 1 aliphatic heterocycles. The predicted octanol–water partition coefficient (Wildman–Crippen LogP) is 0.547. The smallest absolute Gasteiger partial charge is 0.207 e. The van der Waals surface area contributed by atoms with Crippen LogP contribution in [0, 0.1) is 0 Å². The first-order chi connectivity index (χ1) is 4.83. The number of nitrogens with zero attached hydrogens (tertiary/aromatic N) is 1. The van der Waals surface area contributed by atoms with E-state index in [9.17, 15) is 4.79 Å². The van der Waals surface area contributed by atoms with Gasteiger partial charge in [0.25, 0.3) is 0 Å². The van der Waals surface area contributed by atoms with Crippen LogP contribution in [0.1, 0.15) is 12.8 Å². The van der Waals surface area contributed by atoms with Gasteiger partial charge in [0.15, 0.2) is 0 Å². The van der Waals surface area contributed by atoms with Crippen LogP contribution in [0.25, 0.3) is 0 Å². The monoisotopic (exact) mass is 254 g/mol. The lowest BCUT2D eigenvalue weighted by molar-refractivity contribution is -0.110. The van der Waals surface area contributed by atoms with Crippen molar-refractivity contribution in [1.29, 1.82) is 0 Å². The van der Waals surface area contributed by atoms with Crippen molar-refractivity contribution in [1.82, 2.24) is 8.43 Å². The molecule has 1 fully saturated rings. The highest BCUT2D eigenvalue weighted by atomic mass is 127. The summed E-state index contributed by atoms with van der Waals surface area (Å²) in [5.74, 6) is 0. The van der Waals surface area contributed by atoms with Gasteiger partial charge in [0.2, 0.25) is 6.41 Å². The van der Waals surface area contributed by atoms with E-state index in [1.54, 1.807) is 0 Å². The van der Waals surface area contributed by atoms with Crippen LogP contribution in [0.4, 0.5) is 0 Å². The normalized spacial score (nSPS) is 22.5. The first kappa shape index (κ1) is 8.26. The van der Waals surface area contributed by atoms with E-state index in [1.165, 1.54) is 0 Å². The number of piperidine rings is 1. The number of hydrogen-bond donors (Lipinski definition) is 1. The Morgan fingerprint density at radius 1 is 1.50 bits per heavy atom. The first-order valence-corrected chi connectivity index (χ1v) is 4.40. The molecule has 1 saturated heterocycles. The number of rotatable bonds is 2. The van der Waals surface area contributed by atoms with Gasteiger partial charge in [-0.1, -0.05) is 0 Å². The molecule has 58 valence electrons. The van der Waals surface area contributed by atoms with Gasteiger partial charge in [-0.3, -0.25) is 4.79 Å². The minimum atomic E-state index is 0.420. The second kappa shape index (κ2) is 4.12. The number of amides is 1. The third-order valence-electron chi connectivity index (χ3n) is 1.74. The lowest BCUT2D eigenvalue weighted by Crippen LogP contribution is -2.38. The summed E-state index contributed by atoms with van der Waals surface area (Å²) in [7, 11) is 0. The fraction of sp³-hybridized carbons (Fsp3) is 0.833. The molecule has 1 amide bonds. The number of carbonyl (C=O) groups excluding carboxylic acids is 1. The van der Waals surface area contributed by atoms with Gasteiger partial charge in [-0.25, -0.2) is 3.11 Å². The maximum atomic E-state index is 10.0. The van der Waals surface area contributed by atoms with Crippen molar-refractivity contribution >= 4 is 29.3 Å². The topological polar surface area (TPSA) is 32.3 Å². The molecule has 0 atom stereocenters.